The van der Waals surface area contributed by atoms with Gasteiger partial charge in [0, 0.05) is 29.7 Å². The molecule has 0 aliphatic rings. The maximum absolute atomic E-state index is 4.73. The molecular weight excluding hydrogens is 286 g/mol. The lowest BCUT2D eigenvalue weighted by Crippen LogP contribution is -2.14. The zero-order valence-electron chi connectivity index (χ0n) is 14.2. The lowest BCUT2D eigenvalue weighted by molar-refractivity contribution is 0.731. The molecule has 3 aromatic heterocycles. The molecule has 0 aliphatic carbocycles. The van der Waals surface area contributed by atoms with Crippen molar-refractivity contribution in [3.63, 3.8) is 0 Å². The molecule has 120 valence electrons. The molecule has 23 heavy (non-hydrogen) atoms. The molecule has 0 aliphatic heterocycles. The van der Waals surface area contributed by atoms with Crippen molar-refractivity contribution in [2.24, 2.45) is 0 Å². The van der Waals surface area contributed by atoms with Crippen LogP contribution in [0.2, 0.25) is 0 Å². The van der Waals surface area contributed by atoms with Crippen LogP contribution in [0.1, 0.15) is 48.8 Å². The molecule has 3 heterocycles. The Morgan fingerprint density at radius 1 is 1.17 bits per heavy atom. The van der Waals surface area contributed by atoms with Crippen LogP contribution in [0.3, 0.4) is 0 Å². The van der Waals surface area contributed by atoms with Gasteiger partial charge in [0.05, 0.1) is 11.7 Å². The van der Waals surface area contributed by atoms with Gasteiger partial charge in [0.1, 0.15) is 5.82 Å². The van der Waals surface area contributed by atoms with E-state index >= 15 is 0 Å². The average molecular weight is 309 g/mol. The third-order valence-electron chi connectivity index (χ3n) is 4.31. The summed E-state index contributed by atoms with van der Waals surface area (Å²) in [6.45, 7) is 8.41. The molecule has 0 unspecified atom stereocenters. The molecule has 0 saturated carbocycles. The van der Waals surface area contributed by atoms with Gasteiger partial charge in [0.2, 0.25) is 0 Å². The second-order valence-corrected chi connectivity index (χ2v) is 5.82. The molecular formula is C18H23N5. The number of fused-ring (bicyclic) bond motifs is 1. The number of rotatable bonds is 5. The van der Waals surface area contributed by atoms with E-state index in [1.54, 1.807) is 0 Å². The van der Waals surface area contributed by atoms with E-state index in [0.717, 1.165) is 41.3 Å². The van der Waals surface area contributed by atoms with Crippen LogP contribution in [0, 0.1) is 13.8 Å². The van der Waals surface area contributed by atoms with Gasteiger partial charge in [-0.25, -0.2) is 4.98 Å². The highest BCUT2D eigenvalue weighted by atomic mass is 15.3. The molecule has 0 spiro atoms. The van der Waals surface area contributed by atoms with Gasteiger partial charge in [-0.15, -0.1) is 0 Å². The van der Waals surface area contributed by atoms with Gasteiger partial charge < -0.3 is 5.32 Å². The Labute approximate surface area is 136 Å². The molecule has 0 amide bonds. The van der Waals surface area contributed by atoms with E-state index in [1.165, 1.54) is 5.56 Å². The van der Waals surface area contributed by atoms with Crippen molar-refractivity contribution >= 4 is 11.5 Å². The van der Waals surface area contributed by atoms with Crippen molar-refractivity contribution in [3.05, 3.63) is 53.1 Å². The summed E-state index contributed by atoms with van der Waals surface area (Å²) in [5.41, 5.74) is 5.40. The van der Waals surface area contributed by atoms with Crippen molar-refractivity contribution in [2.45, 2.75) is 46.6 Å². The van der Waals surface area contributed by atoms with E-state index in [2.05, 4.69) is 54.4 Å². The van der Waals surface area contributed by atoms with Gasteiger partial charge in [0.25, 0.3) is 0 Å². The first-order valence-corrected chi connectivity index (χ1v) is 8.16. The Balaban J connectivity index is 2.06. The molecule has 1 N–H and O–H groups in total. The Hall–Kier alpha value is -2.43. The first-order valence-electron chi connectivity index (χ1n) is 8.16. The molecule has 5 heteroatoms. The molecule has 1 atom stereocenters. The predicted octanol–water partition coefficient (Wildman–Crippen LogP) is 3.87. The maximum atomic E-state index is 4.73. The van der Waals surface area contributed by atoms with Crippen molar-refractivity contribution in [2.75, 3.05) is 5.32 Å². The van der Waals surface area contributed by atoms with Crippen LogP contribution in [0.25, 0.3) is 5.65 Å². The highest BCUT2D eigenvalue weighted by Crippen LogP contribution is 2.25. The molecule has 0 bridgehead atoms. The summed E-state index contributed by atoms with van der Waals surface area (Å²) in [6, 6.07) is 6.43. The fourth-order valence-electron chi connectivity index (χ4n) is 2.76. The van der Waals surface area contributed by atoms with Crippen molar-refractivity contribution in [1.29, 1.82) is 0 Å². The van der Waals surface area contributed by atoms with Crippen LogP contribution in [0.5, 0.6) is 0 Å². The summed E-state index contributed by atoms with van der Waals surface area (Å²) in [5, 5.41) is 8.28. The summed E-state index contributed by atoms with van der Waals surface area (Å²) >= 11 is 0. The fraction of sp³-hybridized carbons (Fsp3) is 0.389. The Bertz CT molecular complexity index is 807. The van der Waals surface area contributed by atoms with Crippen LogP contribution < -0.4 is 5.32 Å². The number of nitrogens with one attached hydrogen (secondary N) is 1. The van der Waals surface area contributed by atoms with E-state index in [9.17, 15) is 0 Å². The van der Waals surface area contributed by atoms with E-state index in [1.807, 2.05) is 23.8 Å². The first kappa shape index (κ1) is 15.5. The summed E-state index contributed by atoms with van der Waals surface area (Å²) < 4.78 is 1.92. The van der Waals surface area contributed by atoms with Gasteiger partial charge in [-0.05, 0) is 44.4 Å². The third kappa shape index (κ3) is 2.91. The quantitative estimate of drug-likeness (QED) is 0.777. The topological polar surface area (TPSA) is 55.1 Å². The first-order chi connectivity index (χ1) is 11.1. The number of nitrogens with zero attached hydrogens (tertiary/aromatic N) is 4. The Morgan fingerprint density at radius 2 is 1.91 bits per heavy atom. The summed E-state index contributed by atoms with van der Waals surface area (Å²) in [6.07, 6.45) is 5.55. The van der Waals surface area contributed by atoms with E-state index in [0.29, 0.717) is 0 Å². The highest BCUT2D eigenvalue weighted by Gasteiger charge is 2.15. The monoisotopic (exact) mass is 309 g/mol. The number of hydrogen-bond acceptors (Lipinski definition) is 4. The number of pyridine rings is 1. The summed E-state index contributed by atoms with van der Waals surface area (Å²) in [5.74, 6) is 0.992. The third-order valence-corrected chi connectivity index (χ3v) is 4.31. The summed E-state index contributed by atoms with van der Waals surface area (Å²) in [4.78, 5) is 8.84. The van der Waals surface area contributed by atoms with Crippen LogP contribution in [-0.4, -0.2) is 19.6 Å². The molecule has 3 aromatic rings. The van der Waals surface area contributed by atoms with Crippen LogP contribution in [-0.2, 0) is 6.42 Å². The zero-order valence-corrected chi connectivity index (χ0v) is 14.2. The minimum atomic E-state index is 0.220. The van der Waals surface area contributed by atoms with E-state index in [-0.39, 0.29) is 6.04 Å². The SMILES string of the molecule is CCc1cc(N[C@H](CC)c2ccncc2)n2nc(C)c(C)c2n1. The minimum absolute atomic E-state index is 0.220. The maximum Gasteiger partial charge on any atom is 0.160 e. The second kappa shape index (κ2) is 6.36. The molecule has 3 rings (SSSR count). The minimum Gasteiger partial charge on any atom is -0.363 e. The number of aryl methyl sites for hydroxylation is 3. The Morgan fingerprint density at radius 3 is 2.57 bits per heavy atom. The van der Waals surface area contributed by atoms with E-state index in [4.69, 9.17) is 4.98 Å². The van der Waals surface area contributed by atoms with Gasteiger partial charge in [0.15, 0.2) is 5.65 Å². The van der Waals surface area contributed by atoms with Gasteiger partial charge >= 0.3 is 0 Å². The van der Waals surface area contributed by atoms with Crippen LogP contribution >= 0.6 is 0 Å². The highest BCUT2D eigenvalue weighted by molar-refractivity contribution is 5.56. The molecule has 5 nitrogen and oxygen atoms in total. The van der Waals surface area contributed by atoms with Gasteiger partial charge in [-0.3, -0.25) is 4.98 Å². The molecule has 0 radical (unpaired) electrons. The van der Waals surface area contributed by atoms with Crippen molar-refractivity contribution in [3.8, 4) is 0 Å². The Kier molecular flexibility index (Phi) is 4.28. The van der Waals surface area contributed by atoms with E-state index < -0.39 is 0 Å². The second-order valence-electron chi connectivity index (χ2n) is 5.82. The average Bonchev–Trinajstić information content (AvgIpc) is 2.88. The van der Waals surface area contributed by atoms with Crippen LogP contribution in [0.4, 0.5) is 5.82 Å². The number of hydrogen-bond donors (Lipinski definition) is 1. The standard InChI is InChI=1S/C18H23N5/c1-5-15-11-17(23-18(20-15)12(3)13(4)22-23)21-16(6-2)14-7-9-19-10-8-14/h7-11,16,21H,5-6H2,1-4H3/t16-/m1/s1. The summed E-state index contributed by atoms with van der Waals surface area (Å²) in [7, 11) is 0. The number of anilines is 1. The fourth-order valence-corrected chi connectivity index (χ4v) is 2.76. The number of aromatic nitrogens is 4. The predicted molar refractivity (Wildman–Crippen MR) is 92.7 cm³/mol. The lowest BCUT2D eigenvalue weighted by atomic mass is 10.1. The van der Waals surface area contributed by atoms with Gasteiger partial charge in [-0.2, -0.15) is 9.61 Å². The van der Waals surface area contributed by atoms with Crippen molar-refractivity contribution in [1.82, 2.24) is 19.6 Å². The van der Waals surface area contributed by atoms with Crippen molar-refractivity contribution < 1.29 is 0 Å². The normalized spacial score (nSPS) is 12.5. The largest absolute Gasteiger partial charge is 0.363 e. The lowest BCUT2D eigenvalue weighted by Gasteiger charge is -2.19. The molecule has 0 fully saturated rings. The molecule has 0 saturated heterocycles. The molecule has 0 aromatic carbocycles. The zero-order chi connectivity index (χ0) is 16.4. The smallest absolute Gasteiger partial charge is 0.160 e. The van der Waals surface area contributed by atoms with Crippen LogP contribution in [0.15, 0.2) is 30.6 Å². The van der Waals surface area contributed by atoms with Gasteiger partial charge in [-0.1, -0.05) is 13.8 Å².